The van der Waals surface area contributed by atoms with E-state index in [1.54, 1.807) is 0 Å². The first-order valence-corrected chi connectivity index (χ1v) is 7.01. The molecule has 0 saturated carbocycles. The van der Waals surface area contributed by atoms with Gasteiger partial charge in [0.2, 0.25) is 0 Å². The minimum atomic E-state index is 0.361. The average molecular weight is 267 g/mol. The highest BCUT2D eigenvalue weighted by atomic mass is 15.1. The Morgan fingerprint density at radius 3 is 2.75 bits per heavy atom. The van der Waals surface area contributed by atoms with Gasteiger partial charge in [0.05, 0.1) is 11.9 Å². The van der Waals surface area contributed by atoms with Crippen LogP contribution in [-0.2, 0) is 6.54 Å². The first kappa shape index (κ1) is 14.4. The van der Waals surface area contributed by atoms with Gasteiger partial charge in [-0.1, -0.05) is 25.1 Å². The maximum Gasteiger partial charge on any atom is 0.110 e. The highest BCUT2D eigenvalue weighted by Crippen LogP contribution is 2.14. The van der Waals surface area contributed by atoms with E-state index in [0.717, 1.165) is 36.6 Å². The van der Waals surface area contributed by atoms with Crippen LogP contribution in [0.3, 0.4) is 0 Å². The summed E-state index contributed by atoms with van der Waals surface area (Å²) in [5.41, 5.74) is 2.30. The van der Waals surface area contributed by atoms with E-state index >= 15 is 0 Å². The van der Waals surface area contributed by atoms with E-state index in [9.17, 15) is 0 Å². The van der Waals surface area contributed by atoms with Crippen molar-refractivity contribution in [2.45, 2.75) is 39.3 Å². The minimum absolute atomic E-state index is 0.361. The van der Waals surface area contributed by atoms with Gasteiger partial charge in [-0.3, -0.25) is 4.57 Å². The highest BCUT2D eigenvalue weighted by Gasteiger charge is 2.10. The van der Waals surface area contributed by atoms with Crippen LogP contribution in [-0.4, -0.2) is 15.6 Å². The second-order valence-electron chi connectivity index (χ2n) is 4.86. The van der Waals surface area contributed by atoms with Crippen LogP contribution in [0.15, 0.2) is 36.5 Å². The van der Waals surface area contributed by atoms with Crippen LogP contribution in [0.25, 0.3) is 5.69 Å². The van der Waals surface area contributed by atoms with Crippen molar-refractivity contribution in [3.05, 3.63) is 48.0 Å². The van der Waals surface area contributed by atoms with E-state index in [-0.39, 0.29) is 0 Å². The molecular weight excluding hydrogens is 246 g/mol. The number of imidazole rings is 1. The number of nitrogens with zero attached hydrogens (tertiary/aromatic N) is 2. The molecule has 1 N–H and O–H groups in total. The molecule has 1 unspecified atom stereocenters. The molecule has 0 aliphatic rings. The molecule has 1 aromatic heterocycles. The molecule has 0 saturated heterocycles. The van der Waals surface area contributed by atoms with Crippen molar-refractivity contribution < 1.29 is 0 Å². The quantitative estimate of drug-likeness (QED) is 0.815. The normalized spacial score (nSPS) is 12.1. The Morgan fingerprint density at radius 1 is 1.35 bits per heavy atom. The lowest BCUT2D eigenvalue weighted by molar-refractivity contribution is 0.499. The minimum Gasteiger partial charge on any atom is -0.307 e. The molecular formula is C17H21N3. The smallest absolute Gasteiger partial charge is 0.110 e. The maximum atomic E-state index is 5.39. The van der Waals surface area contributed by atoms with Crippen LogP contribution in [0.5, 0.6) is 0 Å². The third-order valence-electron chi connectivity index (χ3n) is 3.45. The van der Waals surface area contributed by atoms with E-state index in [4.69, 9.17) is 6.42 Å². The number of terminal acetylenes is 1. The SMILES string of the molecule is C#CCC(CC)NCc1cnc(C)n1-c1ccccc1. The number of hydrogen-bond acceptors (Lipinski definition) is 2. The fraction of sp³-hybridized carbons (Fsp3) is 0.353. The van der Waals surface area contributed by atoms with Crippen LogP contribution < -0.4 is 5.32 Å². The molecule has 2 rings (SSSR count). The second-order valence-corrected chi connectivity index (χ2v) is 4.86. The number of para-hydroxylation sites is 1. The molecule has 0 spiro atoms. The zero-order valence-corrected chi connectivity index (χ0v) is 12.1. The number of aromatic nitrogens is 2. The summed E-state index contributed by atoms with van der Waals surface area (Å²) in [5, 5.41) is 3.51. The fourth-order valence-electron chi connectivity index (χ4n) is 2.30. The lowest BCUT2D eigenvalue weighted by atomic mass is 10.1. The van der Waals surface area contributed by atoms with Gasteiger partial charge in [-0.2, -0.15) is 0 Å². The Kier molecular flexibility index (Phi) is 4.97. The van der Waals surface area contributed by atoms with Crippen molar-refractivity contribution in [3.63, 3.8) is 0 Å². The Hall–Kier alpha value is -2.05. The first-order chi connectivity index (χ1) is 9.76. The molecule has 1 heterocycles. The number of hydrogen-bond donors (Lipinski definition) is 1. The van der Waals surface area contributed by atoms with E-state index in [2.05, 4.69) is 39.8 Å². The van der Waals surface area contributed by atoms with E-state index in [0.29, 0.717) is 6.04 Å². The Morgan fingerprint density at radius 2 is 2.10 bits per heavy atom. The molecule has 0 fully saturated rings. The number of nitrogens with one attached hydrogen (secondary N) is 1. The summed E-state index contributed by atoms with van der Waals surface area (Å²) in [5.74, 6) is 3.72. The predicted octanol–water partition coefficient (Wildman–Crippen LogP) is 3.07. The highest BCUT2D eigenvalue weighted by molar-refractivity contribution is 5.35. The summed E-state index contributed by atoms with van der Waals surface area (Å²) in [6, 6.07) is 10.7. The summed E-state index contributed by atoms with van der Waals surface area (Å²) in [6.45, 7) is 4.94. The molecule has 2 aromatic rings. The van der Waals surface area contributed by atoms with Crippen LogP contribution in [0.4, 0.5) is 0 Å². The van der Waals surface area contributed by atoms with Gasteiger partial charge in [0.15, 0.2) is 0 Å². The molecule has 1 aromatic carbocycles. The summed E-state index contributed by atoms with van der Waals surface area (Å²) < 4.78 is 2.18. The summed E-state index contributed by atoms with van der Waals surface area (Å²) in [6.07, 6.45) is 9.11. The van der Waals surface area contributed by atoms with Gasteiger partial charge >= 0.3 is 0 Å². The lowest BCUT2D eigenvalue weighted by Crippen LogP contribution is -2.28. The summed E-state index contributed by atoms with van der Waals surface area (Å²) in [7, 11) is 0. The molecule has 1 atom stereocenters. The summed E-state index contributed by atoms with van der Waals surface area (Å²) >= 11 is 0. The van der Waals surface area contributed by atoms with Gasteiger partial charge in [-0.25, -0.2) is 4.98 Å². The molecule has 0 bridgehead atoms. The number of aryl methyl sites for hydroxylation is 1. The van der Waals surface area contributed by atoms with E-state index in [1.807, 2.05) is 31.3 Å². The molecule has 0 aliphatic heterocycles. The third kappa shape index (κ3) is 3.28. The van der Waals surface area contributed by atoms with Gasteiger partial charge in [-0.15, -0.1) is 12.3 Å². The number of benzene rings is 1. The largest absolute Gasteiger partial charge is 0.307 e. The van der Waals surface area contributed by atoms with Crippen molar-refractivity contribution in [2.24, 2.45) is 0 Å². The maximum absolute atomic E-state index is 5.39. The van der Waals surface area contributed by atoms with E-state index < -0.39 is 0 Å². The predicted molar refractivity (Wildman–Crippen MR) is 82.7 cm³/mol. The topological polar surface area (TPSA) is 29.9 Å². The second kappa shape index (κ2) is 6.93. The van der Waals surface area contributed by atoms with Crippen molar-refractivity contribution in [1.29, 1.82) is 0 Å². The van der Waals surface area contributed by atoms with Crippen LogP contribution in [0.2, 0.25) is 0 Å². The van der Waals surface area contributed by atoms with Gasteiger partial charge in [-0.05, 0) is 25.5 Å². The van der Waals surface area contributed by atoms with Crippen molar-refractivity contribution in [3.8, 4) is 18.0 Å². The van der Waals surface area contributed by atoms with E-state index in [1.165, 1.54) is 0 Å². The fourth-order valence-corrected chi connectivity index (χ4v) is 2.30. The van der Waals surface area contributed by atoms with Gasteiger partial charge in [0.25, 0.3) is 0 Å². The Labute approximate surface area is 121 Å². The standard InChI is InChI=1S/C17H21N3/c1-4-9-15(5-2)19-13-17-12-18-14(3)20(17)16-10-7-6-8-11-16/h1,6-8,10-12,15,19H,5,9,13H2,2-3H3. The van der Waals surface area contributed by atoms with Crippen molar-refractivity contribution >= 4 is 0 Å². The Balaban J connectivity index is 2.16. The van der Waals surface area contributed by atoms with Gasteiger partial charge in [0, 0.05) is 24.7 Å². The molecule has 0 amide bonds. The number of rotatable bonds is 6. The first-order valence-electron chi connectivity index (χ1n) is 7.01. The summed E-state index contributed by atoms with van der Waals surface area (Å²) in [4.78, 5) is 4.43. The van der Waals surface area contributed by atoms with Crippen molar-refractivity contribution in [2.75, 3.05) is 0 Å². The van der Waals surface area contributed by atoms with Gasteiger partial charge in [0.1, 0.15) is 5.82 Å². The third-order valence-corrected chi connectivity index (χ3v) is 3.45. The molecule has 0 aliphatic carbocycles. The van der Waals surface area contributed by atoms with Crippen LogP contribution in [0.1, 0.15) is 31.3 Å². The van der Waals surface area contributed by atoms with Crippen LogP contribution in [0, 0.1) is 19.3 Å². The lowest BCUT2D eigenvalue weighted by Gasteiger charge is -2.16. The van der Waals surface area contributed by atoms with Crippen LogP contribution >= 0.6 is 0 Å². The zero-order chi connectivity index (χ0) is 14.4. The Bertz CT molecular complexity index is 578. The van der Waals surface area contributed by atoms with Gasteiger partial charge < -0.3 is 5.32 Å². The molecule has 104 valence electrons. The average Bonchev–Trinajstić information content (AvgIpc) is 2.85. The molecule has 0 radical (unpaired) electrons. The van der Waals surface area contributed by atoms with Crippen molar-refractivity contribution in [1.82, 2.24) is 14.9 Å². The monoisotopic (exact) mass is 267 g/mol. The molecule has 3 nitrogen and oxygen atoms in total. The zero-order valence-electron chi connectivity index (χ0n) is 12.1. The molecule has 20 heavy (non-hydrogen) atoms. The molecule has 3 heteroatoms.